The third-order valence-electron chi connectivity index (χ3n) is 3.00. The van der Waals surface area contributed by atoms with Crippen molar-refractivity contribution >= 4 is 23.5 Å². The first-order chi connectivity index (χ1) is 7.68. The molecule has 0 radical (unpaired) electrons. The number of hydrogen-bond acceptors (Lipinski definition) is 2. The summed E-state index contributed by atoms with van der Waals surface area (Å²) in [4.78, 5) is 0. The highest BCUT2D eigenvalue weighted by Gasteiger charge is 2.15. The highest BCUT2D eigenvalue weighted by molar-refractivity contribution is 8.17. The largest absolute Gasteiger partial charge is 0.148 e. The Hall–Kier alpha value is 0.440. The average molecular weight is 258 g/mol. The standard InChI is InChI=1S/C14H26S2/c1-12(2)6-4-7-13(3)8-9-14-15-10-5-11-16-14/h6,13-14H,4-5,7-11H2,1-3H3/t13-/m1/s1. The second kappa shape index (κ2) is 8.52. The Morgan fingerprint density at radius 3 is 2.56 bits per heavy atom. The SMILES string of the molecule is CC(C)=CCC[C@@H](C)CCC1SCCCS1. The zero-order valence-corrected chi connectivity index (χ0v) is 12.6. The molecule has 1 aliphatic rings. The first-order valence-electron chi connectivity index (χ1n) is 6.55. The molecule has 2 heteroatoms. The van der Waals surface area contributed by atoms with Crippen LogP contribution in [0.1, 0.15) is 52.9 Å². The molecular formula is C14H26S2. The van der Waals surface area contributed by atoms with E-state index in [0.717, 1.165) is 10.5 Å². The van der Waals surface area contributed by atoms with E-state index in [2.05, 4.69) is 50.4 Å². The molecule has 94 valence electrons. The first kappa shape index (κ1) is 14.5. The van der Waals surface area contributed by atoms with Crippen molar-refractivity contribution < 1.29 is 0 Å². The Labute approximate surface area is 110 Å². The monoisotopic (exact) mass is 258 g/mol. The molecule has 0 nitrogen and oxygen atoms in total. The van der Waals surface area contributed by atoms with Gasteiger partial charge in [0.15, 0.2) is 0 Å². The van der Waals surface area contributed by atoms with Gasteiger partial charge in [-0.2, -0.15) is 0 Å². The fourth-order valence-electron chi connectivity index (χ4n) is 1.92. The molecule has 1 fully saturated rings. The second-order valence-electron chi connectivity index (χ2n) is 5.07. The highest BCUT2D eigenvalue weighted by Crippen LogP contribution is 2.34. The zero-order chi connectivity index (χ0) is 11.8. The van der Waals surface area contributed by atoms with Crippen LogP contribution in [0.3, 0.4) is 0 Å². The van der Waals surface area contributed by atoms with Crippen molar-refractivity contribution in [2.45, 2.75) is 57.5 Å². The molecule has 0 aromatic heterocycles. The van der Waals surface area contributed by atoms with Gasteiger partial charge in [-0.1, -0.05) is 18.6 Å². The Balaban J connectivity index is 2.04. The normalized spacial score (nSPS) is 19.4. The van der Waals surface area contributed by atoms with Crippen molar-refractivity contribution in [3.8, 4) is 0 Å². The molecule has 1 heterocycles. The van der Waals surface area contributed by atoms with Gasteiger partial charge in [-0.15, -0.1) is 23.5 Å². The van der Waals surface area contributed by atoms with Crippen molar-refractivity contribution in [3.05, 3.63) is 11.6 Å². The van der Waals surface area contributed by atoms with Crippen LogP contribution in [-0.2, 0) is 0 Å². The van der Waals surface area contributed by atoms with Crippen LogP contribution in [0, 0.1) is 5.92 Å². The average Bonchev–Trinajstić information content (AvgIpc) is 2.27. The Kier molecular flexibility index (Phi) is 7.72. The molecule has 1 aliphatic heterocycles. The van der Waals surface area contributed by atoms with Crippen LogP contribution in [0.2, 0.25) is 0 Å². The Morgan fingerprint density at radius 1 is 1.25 bits per heavy atom. The Morgan fingerprint density at radius 2 is 1.94 bits per heavy atom. The van der Waals surface area contributed by atoms with Gasteiger partial charge in [-0.05, 0) is 63.4 Å². The minimum absolute atomic E-state index is 0.902. The van der Waals surface area contributed by atoms with Crippen molar-refractivity contribution in [3.63, 3.8) is 0 Å². The van der Waals surface area contributed by atoms with Crippen LogP contribution in [0.4, 0.5) is 0 Å². The fourth-order valence-corrected chi connectivity index (χ4v) is 4.82. The van der Waals surface area contributed by atoms with Crippen LogP contribution < -0.4 is 0 Å². The van der Waals surface area contributed by atoms with Gasteiger partial charge in [-0.3, -0.25) is 0 Å². The minimum atomic E-state index is 0.902. The molecule has 0 saturated carbocycles. The molecular weight excluding hydrogens is 232 g/mol. The van der Waals surface area contributed by atoms with Gasteiger partial charge in [0, 0.05) is 0 Å². The van der Waals surface area contributed by atoms with E-state index in [1.54, 1.807) is 0 Å². The van der Waals surface area contributed by atoms with Crippen LogP contribution in [-0.4, -0.2) is 16.1 Å². The third-order valence-corrected chi connectivity index (χ3v) is 6.08. The second-order valence-corrected chi connectivity index (χ2v) is 7.99. The van der Waals surface area contributed by atoms with Gasteiger partial charge in [0.2, 0.25) is 0 Å². The van der Waals surface area contributed by atoms with Gasteiger partial charge in [0.1, 0.15) is 0 Å². The number of hydrogen-bond donors (Lipinski definition) is 0. The third kappa shape index (κ3) is 6.90. The summed E-state index contributed by atoms with van der Waals surface area (Å²) in [5.41, 5.74) is 1.46. The van der Waals surface area contributed by atoms with E-state index in [4.69, 9.17) is 0 Å². The van der Waals surface area contributed by atoms with E-state index in [9.17, 15) is 0 Å². The number of allylic oxidation sites excluding steroid dienone is 2. The molecule has 0 unspecified atom stereocenters. The van der Waals surface area contributed by atoms with E-state index in [0.29, 0.717) is 0 Å². The van der Waals surface area contributed by atoms with E-state index in [1.165, 1.54) is 49.2 Å². The van der Waals surface area contributed by atoms with Crippen molar-refractivity contribution in [2.75, 3.05) is 11.5 Å². The molecule has 0 bridgehead atoms. The van der Waals surface area contributed by atoms with Crippen LogP contribution >= 0.6 is 23.5 Å². The lowest BCUT2D eigenvalue weighted by atomic mass is 10.00. The molecule has 0 aliphatic carbocycles. The summed E-state index contributed by atoms with van der Waals surface area (Å²) in [6.07, 6.45) is 9.27. The summed E-state index contributed by atoms with van der Waals surface area (Å²) in [6.45, 7) is 6.80. The van der Waals surface area contributed by atoms with Crippen LogP contribution in [0.15, 0.2) is 11.6 Å². The molecule has 1 atom stereocenters. The molecule has 0 aromatic carbocycles. The smallest absolute Gasteiger partial charge is 0.0502 e. The summed E-state index contributed by atoms with van der Waals surface area (Å²) in [6, 6.07) is 0. The first-order valence-corrected chi connectivity index (χ1v) is 8.65. The number of thioether (sulfide) groups is 2. The van der Waals surface area contributed by atoms with Crippen molar-refractivity contribution in [1.82, 2.24) is 0 Å². The molecule has 0 spiro atoms. The number of rotatable bonds is 6. The van der Waals surface area contributed by atoms with E-state index in [1.807, 2.05) is 0 Å². The van der Waals surface area contributed by atoms with Gasteiger partial charge in [0.05, 0.1) is 4.58 Å². The van der Waals surface area contributed by atoms with Gasteiger partial charge >= 0.3 is 0 Å². The summed E-state index contributed by atoms with van der Waals surface area (Å²) in [5.74, 6) is 3.69. The van der Waals surface area contributed by atoms with E-state index in [-0.39, 0.29) is 0 Å². The van der Waals surface area contributed by atoms with Gasteiger partial charge in [-0.25, -0.2) is 0 Å². The van der Waals surface area contributed by atoms with Crippen LogP contribution in [0.25, 0.3) is 0 Å². The van der Waals surface area contributed by atoms with E-state index < -0.39 is 0 Å². The van der Waals surface area contributed by atoms with E-state index >= 15 is 0 Å². The topological polar surface area (TPSA) is 0 Å². The molecule has 0 N–H and O–H groups in total. The zero-order valence-electron chi connectivity index (χ0n) is 11.0. The summed E-state index contributed by atoms with van der Waals surface area (Å²) in [7, 11) is 0. The maximum atomic E-state index is 2.41. The summed E-state index contributed by atoms with van der Waals surface area (Å²) < 4.78 is 0.902. The lowest BCUT2D eigenvalue weighted by Crippen LogP contribution is -2.08. The summed E-state index contributed by atoms with van der Waals surface area (Å²) in [5, 5.41) is 0. The van der Waals surface area contributed by atoms with Gasteiger partial charge in [0.25, 0.3) is 0 Å². The lowest BCUT2D eigenvalue weighted by Gasteiger charge is -2.22. The molecule has 16 heavy (non-hydrogen) atoms. The molecule has 0 aromatic rings. The maximum absolute atomic E-state index is 2.41. The molecule has 1 rings (SSSR count). The predicted molar refractivity (Wildman–Crippen MR) is 80.4 cm³/mol. The van der Waals surface area contributed by atoms with Gasteiger partial charge < -0.3 is 0 Å². The van der Waals surface area contributed by atoms with Crippen LogP contribution in [0.5, 0.6) is 0 Å². The molecule has 0 amide bonds. The fraction of sp³-hybridized carbons (Fsp3) is 0.857. The molecule has 1 saturated heterocycles. The summed E-state index contributed by atoms with van der Waals surface area (Å²) >= 11 is 4.37. The van der Waals surface area contributed by atoms with Crippen molar-refractivity contribution in [1.29, 1.82) is 0 Å². The maximum Gasteiger partial charge on any atom is 0.0502 e. The predicted octanol–water partition coefficient (Wildman–Crippen LogP) is 5.35. The van der Waals surface area contributed by atoms with Crippen molar-refractivity contribution in [2.24, 2.45) is 5.92 Å². The quantitative estimate of drug-likeness (QED) is 0.589. The minimum Gasteiger partial charge on any atom is -0.148 e. The lowest BCUT2D eigenvalue weighted by molar-refractivity contribution is 0.488. The Bertz CT molecular complexity index is 201. The highest BCUT2D eigenvalue weighted by atomic mass is 32.2.